The molecule has 1 aromatic heterocycles. The average molecular weight is 291 g/mol. The Balaban J connectivity index is 1.93. The lowest BCUT2D eigenvalue weighted by Gasteiger charge is -2.11. The third-order valence-corrected chi connectivity index (χ3v) is 3.87. The summed E-state index contributed by atoms with van der Waals surface area (Å²) in [6.45, 7) is 1.58. The molecular formula is C15H19ClN4. The van der Waals surface area contributed by atoms with Crippen LogP contribution in [0, 0.1) is 0 Å². The number of hydrogen-bond acceptors (Lipinski definition) is 3. The van der Waals surface area contributed by atoms with Crippen LogP contribution in [0.2, 0.25) is 5.02 Å². The van der Waals surface area contributed by atoms with E-state index >= 15 is 0 Å². The quantitative estimate of drug-likeness (QED) is 0.804. The van der Waals surface area contributed by atoms with Gasteiger partial charge in [0.1, 0.15) is 0 Å². The Labute approximate surface area is 123 Å². The van der Waals surface area contributed by atoms with E-state index in [1.807, 2.05) is 35.1 Å². The number of nitrogens with two attached hydrogens (primary N) is 1. The molecule has 20 heavy (non-hydrogen) atoms. The average Bonchev–Trinajstić information content (AvgIpc) is 3.21. The largest absolute Gasteiger partial charge is 0.382 e. The summed E-state index contributed by atoms with van der Waals surface area (Å²) in [5, 5.41) is 8.69. The number of aromatic nitrogens is 2. The first kappa shape index (κ1) is 13.5. The molecule has 1 aliphatic rings. The van der Waals surface area contributed by atoms with Gasteiger partial charge in [0.2, 0.25) is 0 Å². The zero-order chi connectivity index (χ0) is 13.9. The predicted molar refractivity (Wildman–Crippen MR) is 82.7 cm³/mol. The molecule has 0 atom stereocenters. The molecule has 0 unspecified atom stereocenters. The maximum absolute atomic E-state index is 6.29. The van der Waals surface area contributed by atoms with Crippen molar-refractivity contribution in [1.29, 1.82) is 0 Å². The summed E-state index contributed by atoms with van der Waals surface area (Å²) in [4.78, 5) is 0. The molecule has 0 spiro atoms. The van der Waals surface area contributed by atoms with Crippen molar-refractivity contribution in [2.24, 2.45) is 5.73 Å². The van der Waals surface area contributed by atoms with Gasteiger partial charge in [0, 0.05) is 12.5 Å². The summed E-state index contributed by atoms with van der Waals surface area (Å²) < 4.78 is 1.98. The van der Waals surface area contributed by atoms with Gasteiger partial charge in [0.05, 0.1) is 28.3 Å². The normalized spacial score (nSPS) is 14.5. The van der Waals surface area contributed by atoms with E-state index in [-0.39, 0.29) is 0 Å². The van der Waals surface area contributed by atoms with Crippen LogP contribution in [0.1, 0.15) is 30.9 Å². The van der Waals surface area contributed by atoms with Crippen molar-refractivity contribution in [3.8, 4) is 5.69 Å². The highest BCUT2D eigenvalue weighted by Crippen LogP contribution is 2.44. The summed E-state index contributed by atoms with van der Waals surface area (Å²) in [6.07, 6.45) is 5.30. The monoisotopic (exact) mass is 290 g/mol. The number of halogens is 1. The van der Waals surface area contributed by atoms with Crippen molar-refractivity contribution < 1.29 is 0 Å². The first-order valence-corrected chi connectivity index (χ1v) is 7.46. The number of nitrogens with one attached hydrogen (secondary N) is 1. The molecule has 0 bridgehead atoms. The molecule has 5 heteroatoms. The molecule has 0 saturated heterocycles. The first-order chi connectivity index (χ1) is 9.81. The van der Waals surface area contributed by atoms with Crippen molar-refractivity contribution in [3.63, 3.8) is 0 Å². The zero-order valence-corrected chi connectivity index (χ0v) is 12.1. The van der Waals surface area contributed by atoms with Crippen molar-refractivity contribution in [2.45, 2.75) is 25.2 Å². The van der Waals surface area contributed by atoms with Crippen molar-refractivity contribution in [2.75, 3.05) is 18.4 Å². The lowest BCUT2D eigenvalue weighted by atomic mass is 10.2. The number of benzene rings is 1. The van der Waals surface area contributed by atoms with Gasteiger partial charge in [0.25, 0.3) is 0 Å². The van der Waals surface area contributed by atoms with Crippen LogP contribution in [0.25, 0.3) is 5.69 Å². The van der Waals surface area contributed by atoms with Crippen molar-refractivity contribution >= 4 is 17.3 Å². The lowest BCUT2D eigenvalue weighted by Crippen LogP contribution is -2.10. The summed E-state index contributed by atoms with van der Waals surface area (Å²) in [7, 11) is 0. The van der Waals surface area contributed by atoms with Gasteiger partial charge in [-0.3, -0.25) is 0 Å². The van der Waals surface area contributed by atoms with Crippen LogP contribution in [0.5, 0.6) is 0 Å². The molecule has 106 valence electrons. The number of para-hydroxylation sites is 1. The van der Waals surface area contributed by atoms with Gasteiger partial charge < -0.3 is 11.1 Å². The number of hydrogen-bond donors (Lipinski definition) is 2. The van der Waals surface area contributed by atoms with E-state index in [0.717, 1.165) is 29.4 Å². The zero-order valence-electron chi connectivity index (χ0n) is 11.3. The summed E-state index contributed by atoms with van der Waals surface area (Å²) >= 11 is 6.29. The molecule has 0 aliphatic heterocycles. The molecular weight excluding hydrogens is 272 g/mol. The summed E-state index contributed by atoms with van der Waals surface area (Å²) in [5.74, 6) is 0.592. The third kappa shape index (κ3) is 2.67. The van der Waals surface area contributed by atoms with Gasteiger partial charge >= 0.3 is 0 Å². The Kier molecular flexibility index (Phi) is 3.94. The number of anilines is 1. The number of nitrogens with zero attached hydrogens (tertiary/aromatic N) is 2. The van der Waals surface area contributed by atoms with Gasteiger partial charge in [-0.15, -0.1) is 0 Å². The highest BCUT2D eigenvalue weighted by molar-refractivity contribution is 6.32. The molecule has 1 aromatic carbocycles. The predicted octanol–water partition coefficient (Wildman–Crippen LogP) is 3.16. The van der Waals surface area contributed by atoms with E-state index in [2.05, 4.69) is 10.4 Å². The fourth-order valence-electron chi connectivity index (χ4n) is 2.38. The second kappa shape index (κ2) is 5.85. The lowest BCUT2D eigenvalue weighted by molar-refractivity contribution is 0.807. The van der Waals surface area contributed by atoms with Gasteiger partial charge in [-0.2, -0.15) is 5.10 Å². The highest BCUT2D eigenvalue weighted by atomic mass is 35.5. The van der Waals surface area contributed by atoms with E-state index < -0.39 is 0 Å². The molecule has 1 fully saturated rings. The maximum Gasteiger partial charge on any atom is 0.0835 e. The van der Waals surface area contributed by atoms with Crippen molar-refractivity contribution in [1.82, 2.24) is 9.78 Å². The maximum atomic E-state index is 6.29. The Morgan fingerprint density at radius 3 is 2.85 bits per heavy atom. The minimum absolute atomic E-state index is 0.592. The fraction of sp³-hybridized carbons (Fsp3) is 0.400. The molecule has 1 heterocycles. The molecule has 2 aromatic rings. The van der Waals surface area contributed by atoms with E-state index in [4.69, 9.17) is 17.3 Å². The Hall–Kier alpha value is -1.52. The molecule has 0 amide bonds. The van der Waals surface area contributed by atoms with E-state index in [1.54, 1.807) is 0 Å². The molecule has 1 saturated carbocycles. The Morgan fingerprint density at radius 2 is 2.15 bits per heavy atom. The molecule has 0 radical (unpaired) electrons. The van der Waals surface area contributed by atoms with Crippen LogP contribution in [0.15, 0.2) is 30.5 Å². The second-order valence-electron chi connectivity index (χ2n) is 5.15. The van der Waals surface area contributed by atoms with Crippen LogP contribution < -0.4 is 11.1 Å². The Morgan fingerprint density at radius 1 is 1.35 bits per heavy atom. The minimum atomic E-state index is 0.592. The molecule has 3 rings (SSSR count). The van der Waals surface area contributed by atoms with Crippen LogP contribution >= 0.6 is 11.6 Å². The standard InChI is InChI=1S/C15H19ClN4/c16-12-4-1-2-5-14(12)20-15(11-6-7-11)13(10-19-20)18-9-3-8-17/h1-2,4-5,10-11,18H,3,6-9,17H2. The summed E-state index contributed by atoms with van der Waals surface area (Å²) in [6, 6.07) is 7.83. The van der Waals surface area contributed by atoms with E-state index in [0.29, 0.717) is 12.5 Å². The van der Waals surface area contributed by atoms with E-state index in [9.17, 15) is 0 Å². The van der Waals surface area contributed by atoms with Gasteiger partial charge in [0.15, 0.2) is 0 Å². The number of rotatable bonds is 6. The Bertz CT molecular complexity index is 589. The van der Waals surface area contributed by atoms with Gasteiger partial charge in [-0.1, -0.05) is 23.7 Å². The van der Waals surface area contributed by atoms with Crippen LogP contribution in [0.3, 0.4) is 0 Å². The van der Waals surface area contributed by atoms with E-state index in [1.165, 1.54) is 18.5 Å². The third-order valence-electron chi connectivity index (χ3n) is 3.55. The molecule has 1 aliphatic carbocycles. The molecule has 3 N–H and O–H groups in total. The highest BCUT2D eigenvalue weighted by Gasteiger charge is 2.31. The van der Waals surface area contributed by atoms with Crippen LogP contribution in [0.4, 0.5) is 5.69 Å². The summed E-state index contributed by atoms with van der Waals surface area (Å²) in [5.41, 5.74) is 8.85. The second-order valence-corrected chi connectivity index (χ2v) is 5.56. The SMILES string of the molecule is NCCCNc1cnn(-c2ccccc2Cl)c1C1CC1. The topological polar surface area (TPSA) is 55.9 Å². The van der Waals surface area contributed by atoms with Crippen LogP contribution in [-0.2, 0) is 0 Å². The minimum Gasteiger partial charge on any atom is -0.382 e. The smallest absolute Gasteiger partial charge is 0.0835 e. The fourth-order valence-corrected chi connectivity index (χ4v) is 2.60. The van der Waals surface area contributed by atoms with Gasteiger partial charge in [-0.05, 0) is 37.9 Å². The van der Waals surface area contributed by atoms with Gasteiger partial charge in [-0.25, -0.2) is 4.68 Å². The van der Waals surface area contributed by atoms with Crippen LogP contribution in [-0.4, -0.2) is 22.9 Å². The first-order valence-electron chi connectivity index (χ1n) is 7.08. The van der Waals surface area contributed by atoms with Crippen molar-refractivity contribution in [3.05, 3.63) is 41.2 Å². The molecule has 4 nitrogen and oxygen atoms in total.